The average molecular weight is 268 g/mol. The Morgan fingerprint density at radius 1 is 1.47 bits per heavy atom. The summed E-state index contributed by atoms with van der Waals surface area (Å²) in [4.78, 5) is 12.3. The Balaban J connectivity index is 1.58. The first-order chi connectivity index (χ1) is 9.27. The third-order valence-corrected chi connectivity index (χ3v) is 4.43. The Morgan fingerprint density at radius 3 is 2.95 bits per heavy atom. The van der Waals surface area contributed by atoms with E-state index in [-0.39, 0.29) is 11.3 Å². The normalized spacial score (nSPS) is 27.2. The third-order valence-electron chi connectivity index (χ3n) is 4.43. The summed E-state index contributed by atoms with van der Waals surface area (Å²) in [6, 6.07) is 0. The Morgan fingerprint density at radius 2 is 2.32 bits per heavy atom. The molecule has 1 atom stereocenters. The van der Waals surface area contributed by atoms with E-state index in [0.717, 1.165) is 64.4 Å². The van der Waals surface area contributed by atoms with E-state index in [1.807, 2.05) is 0 Å². The predicted molar refractivity (Wildman–Crippen MR) is 76.0 cm³/mol. The van der Waals surface area contributed by atoms with Gasteiger partial charge in [0.2, 0.25) is 5.91 Å². The Bertz CT molecular complexity index is 284. The fourth-order valence-corrected chi connectivity index (χ4v) is 2.72. The number of carbonyl (C=O) groups is 1. The molecule has 4 nitrogen and oxygen atoms in total. The molecule has 2 aliphatic rings. The van der Waals surface area contributed by atoms with Crippen LogP contribution < -0.4 is 10.6 Å². The van der Waals surface area contributed by atoms with Gasteiger partial charge in [-0.05, 0) is 51.0 Å². The first-order valence-corrected chi connectivity index (χ1v) is 7.83. The first-order valence-electron chi connectivity index (χ1n) is 7.83. The molecule has 1 aliphatic carbocycles. The number of amides is 1. The lowest BCUT2D eigenvalue weighted by Crippen LogP contribution is -2.50. The molecule has 1 aliphatic heterocycles. The number of rotatable bonds is 8. The van der Waals surface area contributed by atoms with Crippen molar-refractivity contribution in [3.8, 4) is 0 Å². The van der Waals surface area contributed by atoms with E-state index in [9.17, 15) is 4.79 Å². The Hall–Kier alpha value is -0.610. The van der Waals surface area contributed by atoms with E-state index >= 15 is 0 Å². The molecule has 1 heterocycles. The van der Waals surface area contributed by atoms with E-state index in [2.05, 4.69) is 17.6 Å². The molecule has 4 heteroatoms. The predicted octanol–water partition coefficient (Wildman–Crippen LogP) is 1.70. The zero-order chi connectivity index (χ0) is 13.6. The van der Waals surface area contributed by atoms with E-state index in [1.54, 1.807) is 0 Å². The Kier molecular flexibility index (Phi) is 5.64. The van der Waals surface area contributed by atoms with Crippen molar-refractivity contribution in [2.24, 2.45) is 11.3 Å². The zero-order valence-electron chi connectivity index (χ0n) is 12.2. The maximum atomic E-state index is 12.3. The van der Waals surface area contributed by atoms with Crippen LogP contribution in [0.15, 0.2) is 0 Å². The van der Waals surface area contributed by atoms with E-state index in [4.69, 9.17) is 4.74 Å². The van der Waals surface area contributed by atoms with E-state index < -0.39 is 0 Å². The molecule has 110 valence electrons. The van der Waals surface area contributed by atoms with Crippen LogP contribution >= 0.6 is 0 Å². The van der Waals surface area contributed by atoms with Gasteiger partial charge in [0.05, 0.1) is 5.41 Å². The number of hydrogen-bond acceptors (Lipinski definition) is 3. The fourth-order valence-electron chi connectivity index (χ4n) is 2.72. The SMILES string of the molecule is CCC1(C(=O)NCCCOCC2CC2)CCCNC1. The van der Waals surface area contributed by atoms with Crippen LogP contribution in [0.1, 0.15) is 45.4 Å². The monoisotopic (exact) mass is 268 g/mol. The highest BCUT2D eigenvalue weighted by Gasteiger charge is 2.37. The van der Waals surface area contributed by atoms with Crippen molar-refractivity contribution in [3.63, 3.8) is 0 Å². The van der Waals surface area contributed by atoms with Gasteiger partial charge in [0.15, 0.2) is 0 Å². The van der Waals surface area contributed by atoms with Crippen molar-refractivity contribution < 1.29 is 9.53 Å². The molecule has 2 N–H and O–H groups in total. The summed E-state index contributed by atoms with van der Waals surface area (Å²) in [5.41, 5.74) is -0.173. The van der Waals surface area contributed by atoms with Crippen molar-refractivity contribution >= 4 is 5.91 Å². The molecule has 2 rings (SSSR count). The van der Waals surface area contributed by atoms with Crippen molar-refractivity contribution in [1.29, 1.82) is 0 Å². The zero-order valence-corrected chi connectivity index (χ0v) is 12.2. The maximum Gasteiger partial charge on any atom is 0.227 e. The summed E-state index contributed by atoms with van der Waals surface area (Å²) in [7, 11) is 0. The minimum atomic E-state index is -0.173. The summed E-state index contributed by atoms with van der Waals surface area (Å²) in [5.74, 6) is 1.05. The van der Waals surface area contributed by atoms with Gasteiger partial charge in [-0.2, -0.15) is 0 Å². The average Bonchev–Trinajstić information content (AvgIpc) is 3.27. The quantitative estimate of drug-likeness (QED) is 0.659. The lowest BCUT2D eigenvalue weighted by molar-refractivity contribution is -0.132. The fraction of sp³-hybridized carbons (Fsp3) is 0.933. The van der Waals surface area contributed by atoms with Crippen LogP contribution in [0.3, 0.4) is 0 Å². The summed E-state index contributed by atoms with van der Waals surface area (Å²) in [5, 5.41) is 6.44. The van der Waals surface area contributed by atoms with Crippen molar-refractivity contribution in [2.75, 3.05) is 32.8 Å². The van der Waals surface area contributed by atoms with Crippen molar-refractivity contribution in [2.45, 2.75) is 45.4 Å². The van der Waals surface area contributed by atoms with Crippen LogP contribution in [-0.4, -0.2) is 38.8 Å². The largest absolute Gasteiger partial charge is 0.381 e. The molecule has 0 bridgehead atoms. The number of piperidine rings is 1. The second-order valence-electron chi connectivity index (χ2n) is 6.04. The topological polar surface area (TPSA) is 50.4 Å². The molecule has 0 radical (unpaired) electrons. The molecule has 0 aromatic carbocycles. The minimum absolute atomic E-state index is 0.173. The number of hydrogen-bond donors (Lipinski definition) is 2. The first kappa shape index (κ1) is 14.8. The van der Waals surface area contributed by atoms with Crippen molar-refractivity contribution in [3.05, 3.63) is 0 Å². The molecule has 0 spiro atoms. The second-order valence-corrected chi connectivity index (χ2v) is 6.04. The second kappa shape index (κ2) is 7.25. The summed E-state index contributed by atoms with van der Waals surface area (Å²) in [6.07, 6.45) is 6.63. The van der Waals surface area contributed by atoms with Crippen LogP contribution in [0.4, 0.5) is 0 Å². The Labute approximate surface area is 116 Å². The molecule has 2 fully saturated rings. The van der Waals surface area contributed by atoms with Gasteiger partial charge in [0.25, 0.3) is 0 Å². The standard InChI is InChI=1S/C15H28N2O2/c1-2-15(7-3-8-16-12-15)14(18)17-9-4-10-19-11-13-5-6-13/h13,16H,2-12H2,1H3,(H,17,18). The number of nitrogens with one attached hydrogen (secondary N) is 2. The van der Waals surface area contributed by atoms with E-state index in [0.29, 0.717) is 0 Å². The molecule has 0 aromatic heterocycles. The summed E-state index contributed by atoms with van der Waals surface area (Å²) < 4.78 is 5.57. The summed E-state index contributed by atoms with van der Waals surface area (Å²) in [6.45, 7) is 6.42. The van der Waals surface area contributed by atoms with Gasteiger partial charge in [-0.3, -0.25) is 4.79 Å². The molecule has 1 amide bonds. The maximum absolute atomic E-state index is 12.3. The molecule has 19 heavy (non-hydrogen) atoms. The van der Waals surface area contributed by atoms with E-state index in [1.165, 1.54) is 12.8 Å². The highest BCUT2D eigenvalue weighted by molar-refractivity contribution is 5.82. The van der Waals surface area contributed by atoms with Crippen LogP contribution in [0, 0.1) is 11.3 Å². The number of carbonyl (C=O) groups excluding carboxylic acids is 1. The van der Waals surface area contributed by atoms with Gasteiger partial charge >= 0.3 is 0 Å². The molecule has 0 aromatic rings. The molecule has 1 saturated heterocycles. The van der Waals surface area contributed by atoms with Gasteiger partial charge in [0, 0.05) is 26.3 Å². The molecule has 1 unspecified atom stereocenters. The minimum Gasteiger partial charge on any atom is -0.381 e. The summed E-state index contributed by atoms with van der Waals surface area (Å²) >= 11 is 0. The number of ether oxygens (including phenoxy) is 1. The van der Waals surface area contributed by atoms with Crippen LogP contribution in [-0.2, 0) is 9.53 Å². The van der Waals surface area contributed by atoms with Crippen LogP contribution in [0.25, 0.3) is 0 Å². The molecular formula is C15H28N2O2. The van der Waals surface area contributed by atoms with Gasteiger partial charge in [-0.25, -0.2) is 0 Å². The lowest BCUT2D eigenvalue weighted by Gasteiger charge is -2.35. The van der Waals surface area contributed by atoms with Crippen LogP contribution in [0.2, 0.25) is 0 Å². The van der Waals surface area contributed by atoms with Gasteiger partial charge in [-0.15, -0.1) is 0 Å². The van der Waals surface area contributed by atoms with Crippen molar-refractivity contribution in [1.82, 2.24) is 10.6 Å². The van der Waals surface area contributed by atoms with Crippen LogP contribution in [0.5, 0.6) is 0 Å². The van der Waals surface area contributed by atoms with Gasteiger partial charge < -0.3 is 15.4 Å². The molecule has 1 saturated carbocycles. The van der Waals surface area contributed by atoms with Gasteiger partial charge in [0.1, 0.15) is 0 Å². The smallest absolute Gasteiger partial charge is 0.227 e. The highest BCUT2D eigenvalue weighted by Crippen LogP contribution is 2.30. The third kappa shape index (κ3) is 4.46. The highest BCUT2D eigenvalue weighted by atomic mass is 16.5. The molecular weight excluding hydrogens is 240 g/mol. The lowest BCUT2D eigenvalue weighted by atomic mass is 9.77. The van der Waals surface area contributed by atoms with Gasteiger partial charge in [-0.1, -0.05) is 6.92 Å².